The molecule has 2 heterocycles. The lowest BCUT2D eigenvalue weighted by molar-refractivity contribution is -0.136. The summed E-state index contributed by atoms with van der Waals surface area (Å²) in [5, 5.41) is -0.430. The van der Waals surface area contributed by atoms with Crippen molar-refractivity contribution in [3.63, 3.8) is 0 Å². The lowest BCUT2D eigenvalue weighted by Crippen LogP contribution is -2.44. The molecule has 6 nitrogen and oxygen atoms in total. The van der Waals surface area contributed by atoms with E-state index in [1.165, 1.54) is 5.56 Å². The van der Waals surface area contributed by atoms with Gasteiger partial charge in [-0.05, 0) is 53.1 Å². The lowest BCUT2D eigenvalue weighted by atomic mass is 10.00. The van der Waals surface area contributed by atoms with Gasteiger partial charge in [0.25, 0.3) is 11.1 Å². The number of hydrogen-bond acceptors (Lipinski definition) is 5. The Morgan fingerprint density at radius 3 is 2.74 bits per heavy atom. The van der Waals surface area contributed by atoms with E-state index in [-0.39, 0.29) is 12.5 Å². The second kappa shape index (κ2) is 9.22. The highest BCUT2D eigenvalue weighted by atomic mass is 32.2. The van der Waals surface area contributed by atoms with Crippen LogP contribution in [0.5, 0.6) is 5.75 Å². The molecule has 0 spiro atoms. The third-order valence-corrected chi connectivity index (χ3v) is 6.08. The molecular formula is C24H22N2O4S. The van der Waals surface area contributed by atoms with Gasteiger partial charge in [-0.3, -0.25) is 19.3 Å². The molecule has 0 bridgehead atoms. The number of nitrogens with zero attached hydrogens (tertiary/aromatic N) is 2. The molecule has 0 aliphatic carbocycles. The molecule has 2 aliphatic rings. The van der Waals surface area contributed by atoms with Crippen LogP contribution in [0.1, 0.15) is 16.7 Å². The summed E-state index contributed by atoms with van der Waals surface area (Å²) in [6.07, 6.45) is 4.07. The fourth-order valence-electron chi connectivity index (χ4n) is 3.58. The van der Waals surface area contributed by atoms with E-state index >= 15 is 0 Å². The molecule has 0 saturated carbocycles. The van der Waals surface area contributed by atoms with Crippen molar-refractivity contribution in [2.75, 3.05) is 19.7 Å². The van der Waals surface area contributed by atoms with Crippen molar-refractivity contribution < 1.29 is 19.1 Å². The number of carbonyl (C=O) groups excluding carboxylic acids is 3. The molecule has 7 heteroatoms. The molecule has 3 amide bonds. The topological polar surface area (TPSA) is 66.9 Å². The maximum Gasteiger partial charge on any atom is 0.294 e. The zero-order valence-electron chi connectivity index (χ0n) is 17.0. The number of hydrogen-bond donors (Lipinski definition) is 0. The van der Waals surface area contributed by atoms with Crippen molar-refractivity contribution in [1.82, 2.24) is 9.80 Å². The van der Waals surface area contributed by atoms with E-state index in [0.29, 0.717) is 30.4 Å². The number of fused-ring (bicyclic) bond motifs is 1. The van der Waals surface area contributed by atoms with E-state index < -0.39 is 11.1 Å². The monoisotopic (exact) mass is 434 g/mol. The van der Waals surface area contributed by atoms with Crippen molar-refractivity contribution in [3.8, 4) is 5.75 Å². The van der Waals surface area contributed by atoms with Crippen molar-refractivity contribution in [2.24, 2.45) is 0 Å². The molecule has 0 unspecified atom stereocenters. The molecule has 2 aromatic carbocycles. The number of imide groups is 1. The predicted molar refractivity (Wildman–Crippen MR) is 120 cm³/mol. The number of ether oxygens (including phenoxy) is 1. The molecule has 1 fully saturated rings. The molecule has 4 rings (SSSR count). The summed E-state index contributed by atoms with van der Waals surface area (Å²) >= 11 is 0.848. The van der Waals surface area contributed by atoms with E-state index in [1.54, 1.807) is 23.1 Å². The maximum atomic E-state index is 12.8. The van der Waals surface area contributed by atoms with Crippen LogP contribution in [0.3, 0.4) is 0 Å². The zero-order valence-corrected chi connectivity index (χ0v) is 17.8. The van der Waals surface area contributed by atoms with Gasteiger partial charge >= 0.3 is 0 Å². The Labute approximate surface area is 185 Å². The van der Waals surface area contributed by atoms with Crippen LogP contribution in [-0.2, 0) is 22.6 Å². The van der Waals surface area contributed by atoms with Gasteiger partial charge in [-0.25, -0.2) is 0 Å². The molecule has 0 N–H and O–H groups in total. The van der Waals surface area contributed by atoms with E-state index in [2.05, 4.69) is 12.6 Å². The van der Waals surface area contributed by atoms with E-state index in [0.717, 1.165) is 34.2 Å². The van der Waals surface area contributed by atoms with Crippen LogP contribution in [0.4, 0.5) is 4.79 Å². The third-order valence-electron chi connectivity index (χ3n) is 5.17. The highest BCUT2D eigenvalue weighted by Crippen LogP contribution is 2.33. The number of rotatable bonds is 6. The quantitative estimate of drug-likeness (QED) is 0.510. The van der Waals surface area contributed by atoms with Gasteiger partial charge in [-0.15, -0.1) is 0 Å². The van der Waals surface area contributed by atoms with Crippen LogP contribution in [-0.4, -0.2) is 46.5 Å². The van der Waals surface area contributed by atoms with Gasteiger partial charge in [0.15, 0.2) is 0 Å². The van der Waals surface area contributed by atoms with Gasteiger partial charge in [0, 0.05) is 13.1 Å². The molecular weight excluding hydrogens is 412 g/mol. The van der Waals surface area contributed by atoms with E-state index in [4.69, 9.17) is 4.74 Å². The molecule has 2 aromatic rings. The van der Waals surface area contributed by atoms with Gasteiger partial charge < -0.3 is 9.64 Å². The minimum atomic E-state index is -0.446. The summed E-state index contributed by atoms with van der Waals surface area (Å²) in [4.78, 5) is 41.0. The largest absolute Gasteiger partial charge is 0.490 e. The van der Waals surface area contributed by atoms with Gasteiger partial charge in [0.1, 0.15) is 18.9 Å². The van der Waals surface area contributed by atoms with Crippen LogP contribution < -0.4 is 4.74 Å². The zero-order chi connectivity index (χ0) is 21.8. The molecule has 0 radical (unpaired) electrons. The van der Waals surface area contributed by atoms with Crippen LogP contribution >= 0.6 is 11.8 Å². The third kappa shape index (κ3) is 4.72. The molecule has 158 valence electrons. The fraction of sp³-hybridized carbons (Fsp3) is 0.208. The minimum Gasteiger partial charge on any atom is -0.490 e. The number of thioether (sulfide) groups is 1. The molecule has 0 aromatic heterocycles. The van der Waals surface area contributed by atoms with Gasteiger partial charge in [0.2, 0.25) is 5.91 Å². The minimum absolute atomic E-state index is 0.224. The Morgan fingerprint density at radius 1 is 1.13 bits per heavy atom. The lowest BCUT2D eigenvalue weighted by Gasteiger charge is -2.29. The van der Waals surface area contributed by atoms with Crippen molar-refractivity contribution in [2.45, 2.75) is 13.0 Å². The first-order valence-corrected chi connectivity index (χ1v) is 10.8. The normalized spacial score (nSPS) is 17.1. The van der Waals surface area contributed by atoms with Crippen LogP contribution in [0.15, 0.2) is 66.1 Å². The SMILES string of the molecule is C=CCOc1cccc(/C=C2/SC(=O)N(CC(=O)N3CCc4ccccc4C3)C2=O)c1. The molecule has 2 aliphatic heterocycles. The predicted octanol–water partition coefficient (Wildman–Crippen LogP) is 3.87. The summed E-state index contributed by atoms with van der Waals surface area (Å²) in [6.45, 7) is 4.83. The van der Waals surface area contributed by atoms with Crippen LogP contribution in [0, 0.1) is 0 Å². The first kappa shape index (κ1) is 20.9. The Morgan fingerprint density at radius 2 is 1.94 bits per heavy atom. The first-order chi connectivity index (χ1) is 15.0. The Bertz CT molecular complexity index is 1080. The smallest absolute Gasteiger partial charge is 0.294 e. The van der Waals surface area contributed by atoms with Gasteiger partial charge in [-0.2, -0.15) is 0 Å². The molecule has 31 heavy (non-hydrogen) atoms. The van der Waals surface area contributed by atoms with E-state index in [9.17, 15) is 14.4 Å². The number of carbonyl (C=O) groups is 3. The van der Waals surface area contributed by atoms with Crippen LogP contribution in [0.2, 0.25) is 0 Å². The summed E-state index contributed by atoms with van der Waals surface area (Å²) in [7, 11) is 0. The Balaban J connectivity index is 1.43. The number of amides is 3. The van der Waals surface area contributed by atoms with E-state index in [1.807, 2.05) is 36.4 Å². The van der Waals surface area contributed by atoms with Crippen molar-refractivity contribution >= 4 is 34.9 Å². The second-order valence-corrected chi connectivity index (χ2v) is 8.27. The van der Waals surface area contributed by atoms with Crippen LogP contribution in [0.25, 0.3) is 6.08 Å². The molecule has 1 saturated heterocycles. The molecule has 0 atom stereocenters. The number of benzene rings is 2. The Kier molecular flexibility index (Phi) is 6.23. The Hall–Kier alpha value is -3.32. The average molecular weight is 435 g/mol. The second-order valence-electron chi connectivity index (χ2n) is 7.27. The van der Waals surface area contributed by atoms with Gasteiger partial charge in [0.05, 0.1) is 4.91 Å². The standard InChI is InChI=1S/C24H22N2O4S/c1-2-12-30-20-9-5-6-17(13-20)14-21-23(28)26(24(29)31-21)16-22(27)25-11-10-18-7-3-4-8-19(18)15-25/h2-9,13-14H,1,10-12,15-16H2/b21-14+. The average Bonchev–Trinajstić information content (AvgIpc) is 3.04. The fourth-order valence-corrected chi connectivity index (χ4v) is 4.42. The summed E-state index contributed by atoms with van der Waals surface area (Å²) in [5.74, 6) is -0.0236. The summed E-state index contributed by atoms with van der Waals surface area (Å²) in [6, 6.07) is 15.2. The highest BCUT2D eigenvalue weighted by molar-refractivity contribution is 8.18. The maximum absolute atomic E-state index is 12.8. The van der Waals surface area contributed by atoms with Crippen molar-refractivity contribution in [1.29, 1.82) is 0 Å². The highest BCUT2D eigenvalue weighted by Gasteiger charge is 2.37. The first-order valence-electron chi connectivity index (χ1n) is 9.99. The summed E-state index contributed by atoms with van der Waals surface area (Å²) in [5.41, 5.74) is 3.08. The van der Waals surface area contributed by atoms with Crippen molar-refractivity contribution in [3.05, 3.63) is 82.8 Å². The summed E-state index contributed by atoms with van der Waals surface area (Å²) < 4.78 is 5.51. The van der Waals surface area contributed by atoms with Gasteiger partial charge in [-0.1, -0.05) is 49.1 Å².